The standard InChI is InChI=1S/C13H21NO3/c1-8(15)6-7-11-9(2)14(4)10(3)12(11)13(16)17-5/h8,15H,6-7H2,1-5H3/t8-/m0/s1. The predicted molar refractivity (Wildman–Crippen MR) is 66.2 cm³/mol. The number of aliphatic hydroxyl groups excluding tert-OH is 1. The highest BCUT2D eigenvalue weighted by molar-refractivity contribution is 5.93. The van der Waals surface area contributed by atoms with Crippen LogP contribution in [0, 0.1) is 13.8 Å². The number of hydrogen-bond donors (Lipinski definition) is 1. The maximum Gasteiger partial charge on any atom is 0.339 e. The minimum absolute atomic E-state index is 0.299. The number of aromatic nitrogens is 1. The monoisotopic (exact) mass is 239 g/mol. The van der Waals surface area contributed by atoms with Crippen LogP contribution >= 0.6 is 0 Å². The van der Waals surface area contributed by atoms with Crippen LogP contribution < -0.4 is 0 Å². The molecule has 0 aliphatic carbocycles. The largest absolute Gasteiger partial charge is 0.465 e. The topological polar surface area (TPSA) is 51.5 Å². The highest BCUT2D eigenvalue weighted by atomic mass is 16.5. The van der Waals surface area contributed by atoms with Crippen molar-refractivity contribution >= 4 is 5.97 Å². The number of rotatable bonds is 4. The van der Waals surface area contributed by atoms with Crippen molar-refractivity contribution in [2.24, 2.45) is 7.05 Å². The molecule has 0 radical (unpaired) electrons. The molecule has 0 aliphatic heterocycles. The van der Waals surface area contributed by atoms with Gasteiger partial charge in [-0.15, -0.1) is 0 Å². The second-order valence-electron chi connectivity index (χ2n) is 4.46. The second kappa shape index (κ2) is 5.36. The molecular weight excluding hydrogens is 218 g/mol. The van der Waals surface area contributed by atoms with Gasteiger partial charge >= 0.3 is 5.97 Å². The maximum absolute atomic E-state index is 11.8. The fourth-order valence-corrected chi connectivity index (χ4v) is 2.05. The lowest BCUT2D eigenvalue weighted by Gasteiger charge is -2.06. The summed E-state index contributed by atoms with van der Waals surface area (Å²) < 4.78 is 6.81. The van der Waals surface area contributed by atoms with E-state index < -0.39 is 0 Å². The third-order valence-electron chi connectivity index (χ3n) is 3.31. The summed E-state index contributed by atoms with van der Waals surface area (Å²) in [7, 11) is 3.32. The zero-order valence-electron chi connectivity index (χ0n) is 11.2. The van der Waals surface area contributed by atoms with E-state index in [4.69, 9.17) is 4.74 Å². The van der Waals surface area contributed by atoms with E-state index in [1.807, 2.05) is 25.5 Å². The second-order valence-corrected chi connectivity index (χ2v) is 4.46. The van der Waals surface area contributed by atoms with Crippen LogP contribution in [0.25, 0.3) is 0 Å². The molecule has 1 rings (SSSR count). The first-order valence-electron chi connectivity index (χ1n) is 5.81. The molecule has 1 aromatic rings. The Bertz CT molecular complexity index is 419. The number of esters is 1. The summed E-state index contributed by atoms with van der Waals surface area (Å²) in [5, 5.41) is 9.34. The lowest BCUT2D eigenvalue weighted by molar-refractivity contribution is 0.0598. The number of aliphatic hydroxyl groups is 1. The molecule has 0 saturated heterocycles. The quantitative estimate of drug-likeness (QED) is 0.814. The summed E-state index contributed by atoms with van der Waals surface area (Å²) in [5.41, 5.74) is 3.60. The van der Waals surface area contributed by atoms with Crippen molar-refractivity contribution in [3.63, 3.8) is 0 Å². The summed E-state index contributed by atoms with van der Waals surface area (Å²) in [4.78, 5) is 11.8. The minimum Gasteiger partial charge on any atom is -0.465 e. The molecule has 0 aromatic carbocycles. The number of nitrogens with zero attached hydrogens (tertiary/aromatic N) is 1. The van der Waals surface area contributed by atoms with E-state index >= 15 is 0 Å². The Morgan fingerprint density at radius 3 is 2.47 bits per heavy atom. The highest BCUT2D eigenvalue weighted by Gasteiger charge is 2.22. The summed E-state index contributed by atoms with van der Waals surface area (Å²) >= 11 is 0. The van der Waals surface area contributed by atoms with E-state index in [1.54, 1.807) is 6.92 Å². The molecule has 0 bridgehead atoms. The molecule has 1 aromatic heterocycles. The van der Waals surface area contributed by atoms with Gasteiger partial charge in [0.25, 0.3) is 0 Å². The number of carbonyl (C=O) groups is 1. The van der Waals surface area contributed by atoms with Crippen LogP contribution in [0.4, 0.5) is 0 Å². The predicted octanol–water partition coefficient (Wildman–Crippen LogP) is 1.74. The Balaban J connectivity index is 3.17. The van der Waals surface area contributed by atoms with Crippen LogP contribution in [0.1, 0.15) is 40.7 Å². The van der Waals surface area contributed by atoms with Crippen molar-refractivity contribution in [3.8, 4) is 0 Å². The molecule has 1 heterocycles. The van der Waals surface area contributed by atoms with Gasteiger partial charge in [0.05, 0.1) is 18.8 Å². The lowest BCUT2D eigenvalue weighted by atomic mass is 10.0. The van der Waals surface area contributed by atoms with Crippen molar-refractivity contribution in [1.29, 1.82) is 0 Å². The van der Waals surface area contributed by atoms with Gasteiger partial charge in [-0.05, 0) is 39.2 Å². The summed E-state index contributed by atoms with van der Waals surface area (Å²) in [5.74, 6) is -0.299. The van der Waals surface area contributed by atoms with Gasteiger partial charge in [0, 0.05) is 18.4 Å². The molecule has 0 fully saturated rings. The van der Waals surface area contributed by atoms with Crippen molar-refractivity contribution < 1.29 is 14.6 Å². The molecule has 0 aliphatic rings. The minimum atomic E-state index is -0.361. The Hall–Kier alpha value is -1.29. The van der Waals surface area contributed by atoms with E-state index in [0.29, 0.717) is 18.4 Å². The Labute approximate surface area is 102 Å². The van der Waals surface area contributed by atoms with E-state index in [9.17, 15) is 9.90 Å². The van der Waals surface area contributed by atoms with Crippen molar-refractivity contribution in [1.82, 2.24) is 4.57 Å². The zero-order valence-corrected chi connectivity index (χ0v) is 11.2. The third kappa shape index (κ3) is 2.69. The molecule has 1 atom stereocenters. The normalized spacial score (nSPS) is 12.6. The fraction of sp³-hybridized carbons (Fsp3) is 0.615. The molecule has 0 amide bonds. The van der Waals surface area contributed by atoms with Crippen LogP contribution in [0.2, 0.25) is 0 Å². The molecule has 4 nitrogen and oxygen atoms in total. The van der Waals surface area contributed by atoms with E-state index in [2.05, 4.69) is 0 Å². The number of hydrogen-bond acceptors (Lipinski definition) is 3. The Morgan fingerprint density at radius 1 is 1.41 bits per heavy atom. The molecule has 4 heteroatoms. The molecule has 1 N–H and O–H groups in total. The van der Waals surface area contributed by atoms with Crippen LogP contribution in [0.15, 0.2) is 0 Å². The van der Waals surface area contributed by atoms with E-state index in [1.165, 1.54) is 7.11 Å². The van der Waals surface area contributed by atoms with Crippen molar-refractivity contribution in [3.05, 3.63) is 22.5 Å². The first kappa shape index (κ1) is 13.8. The summed E-state index contributed by atoms with van der Waals surface area (Å²) in [6.45, 7) is 5.64. The lowest BCUT2D eigenvalue weighted by Crippen LogP contribution is -2.08. The highest BCUT2D eigenvalue weighted by Crippen LogP contribution is 2.23. The molecule has 0 spiro atoms. The molecule has 0 saturated carbocycles. The average molecular weight is 239 g/mol. The van der Waals surface area contributed by atoms with E-state index in [0.717, 1.165) is 17.0 Å². The number of methoxy groups -OCH3 is 1. The smallest absolute Gasteiger partial charge is 0.339 e. The molecule has 96 valence electrons. The third-order valence-corrected chi connectivity index (χ3v) is 3.31. The Kier molecular flexibility index (Phi) is 4.34. The van der Waals surface area contributed by atoms with Gasteiger partial charge in [0.1, 0.15) is 0 Å². The number of carbonyl (C=O) groups excluding carboxylic acids is 1. The zero-order chi connectivity index (χ0) is 13.2. The number of ether oxygens (including phenoxy) is 1. The molecule has 0 unspecified atom stereocenters. The van der Waals surface area contributed by atoms with Crippen LogP contribution in [-0.4, -0.2) is 28.9 Å². The SMILES string of the molecule is COC(=O)c1c(CC[C@H](C)O)c(C)n(C)c1C. The van der Waals surface area contributed by atoms with Crippen molar-refractivity contribution in [2.75, 3.05) is 7.11 Å². The first-order valence-corrected chi connectivity index (χ1v) is 5.81. The van der Waals surface area contributed by atoms with Crippen LogP contribution in [0.3, 0.4) is 0 Å². The summed E-state index contributed by atoms with van der Waals surface area (Å²) in [6.07, 6.45) is 0.976. The van der Waals surface area contributed by atoms with Gasteiger partial charge in [-0.1, -0.05) is 0 Å². The first-order chi connectivity index (χ1) is 7.90. The van der Waals surface area contributed by atoms with E-state index in [-0.39, 0.29) is 12.1 Å². The maximum atomic E-state index is 11.8. The molecule has 17 heavy (non-hydrogen) atoms. The average Bonchev–Trinajstić information content (AvgIpc) is 2.50. The van der Waals surface area contributed by atoms with Crippen LogP contribution in [-0.2, 0) is 18.2 Å². The van der Waals surface area contributed by atoms with Crippen LogP contribution in [0.5, 0.6) is 0 Å². The van der Waals surface area contributed by atoms with Gasteiger partial charge < -0.3 is 14.4 Å². The van der Waals surface area contributed by atoms with Gasteiger partial charge in [-0.3, -0.25) is 0 Å². The van der Waals surface area contributed by atoms with Gasteiger partial charge in [0.15, 0.2) is 0 Å². The Morgan fingerprint density at radius 2 is 2.00 bits per heavy atom. The van der Waals surface area contributed by atoms with Crippen molar-refractivity contribution in [2.45, 2.75) is 39.7 Å². The molecular formula is C13H21NO3. The fourth-order valence-electron chi connectivity index (χ4n) is 2.05. The van der Waals surface area contributed by atoms with Gasteiger partial charge in [0.2, 0.25) is 0 Å². The van der Waals surface area contributed by atoms with Gasteiger partial charge in [-0.25, -0.2) is 4.79 Å². The van der Waals surface area contributed by atoms with Gasteiger partial charge in [-0.2, -0.15) is 0 Å². The summed E-state index contributed by atoms with van der Waals surface area (Å²) in [6, 6.07) is 0.